The lowest BCUT2D eigenvalue weighted by atomic mass is 9.89. The van der Waals surface area contributed by atoms with Crippen molar-refractivity contribution in [2.75, 3.05) is 0 Å². The molecule has 10 rings (SSSR count). The van der Waals surface area contributed by atoms with E-state index in [1.165, 1.54) is 48.8 Å². The first-order chi connectivity index (χ1) is 25.8. The van der Waals surface area contributed by atoms with Crippen LogP contribution in [0.3, 0.4) is 0 Å². The van der Waals surface area contributed by atoms with Crippen LogP contribution in [0.25, 0.3) is 99.5 Å². The number of aromatic nitrogens is 3. The molecule has 0 aliphatic heterocycles. The first-order valence-electron chi connectivity index (χ1n) is 17.6. The van der Waals surface area contributed by atoms with Gasteiger partial charge >= 0.3 is 0 Å². The lowest BCUT2D eigenvalue weighted by molar-refractivity contribution is 1.08. The Bertz CT molecular complexity index is 2920. The maximum absolute atomic E-state index is 5.22. The van der Waals surface area contributed by atoms with Gasteiger partial charge in [0.15, 0.2) is 17.5 Å². The van der Waals surface area contributed by atoms with E-state index >= 15 is 0 Å². The number of fused-ring (bicyclic) bond motifs is 8. The van der Waals surface area contributed by atoms with Gasteiger partial charge in [0.25, 0.3) is 0 Å². The van der Waals surface area contributed by atoms with E-state index in [9.17, 15) is 0 Å². The predicted octanol–water partition coefficient (Wildman–Crippen LogP) is 12.8. The zero-order valence-corrected chi connectivity index (χ0v) is 28.2. The molecule has 0 atom stereocenters. The molecular weight excluding hydrogens is 631 g/mol. The average Bonchev–Trinajstić information content (AvgIpc) is 3.24. The Labute approximate surface area is 301 Å². The molecule has 1 heterocycles. The fourth-order valence-corrected chi connectivity index (χ4v) is 7.59. The second-order valence-corrected chi connectivity index (χ2v) is 13.2. The van der Waals surface area contributed by atoms with Gasteiger partial charge in [-0.1, -0.05) is 182 Å². The van der Waals surface area contributed by atoms with E-state index in [1.54, 1.807) is 0 Å². The number of benzene rings is 9. The molecule has 10 aromatic rings. The van der Waals surface area contributed by atoms with Crippen LogP contribution in [0.4, 0.5) is 0 Å². The van der Waals surface area contributed by atoms with Gasteiger partial charge in [-0.15, -0.1) is 0 Å². The van der Waals surface area contributed by atoms with Crippen LogP contribution < -0.4 is 0 Å². The van der Waals surface area contributed by atoms with Crippen LogP contribution in [0.5, 0.6) is 0 Å². The summed E-state index contributed by atoms with van der Waals surface area (Å²) in [5.41, 5.74) is 7.59. The monoisotopic (exact) mass is 661 g/mol. The molecule has 3 nitrogen and oxygen atoms in total. The standard InChI is InChI=1S/C49H31N3/c1-3-13-32(14-4-1)33-23-25-34(26-24-33)35-27-29-37(30-28-35)48-50-47(36-15-5-2-6-16-36)51-49(52-48)45-31-44-40-19-8-7-17-38(40)39-18-9-11-21-42(39)46(44)43-22-12-10-20-41(43)45/h1-31H. The average molecular weight is 662 g/mol. The summed E-state index contributed by atoms with van der Waals surface area (Å²) < 4.78 is 0. The zero-order chi connectivity index (χ0) is 34.4. The molecule has 242 valence electrons. The van der Waals surface area contributed by atoms with Crippen molar-refractivity contribution in [2.24, 2.45) is 0 Å². The normalized spacial score (nSPS) is 11.5. The van der Waals surface area contributed by atoms with Crippen molar-refractivity contribution in [2.45, 2.75) is 0 Å². The van der Waals surface area contributed by atoms with E-state index in [-0.39, 0.29) is 0 Å². The molecule has 1 aromatic heterocycles. The quantitative estimate of drug-likeness (QED) is 0.172. The number of rotatable bonds is 5. The summed E-state index contributed by atoms with van der Waals surface area (Å²) in [6.45, 7) is 0. The summed E-state index contributed by atoms with van der Waals surface area (Å²) in [4.78, 5) is 15.5. The maximum Gasteiger partial charge on any atom is 0.164 e. The van der Waals surface area contributed by atoms with E-state index in [1.807, 2.05) is 24.3 Å². The molecule has 0 saturated carbocycles. The van der Waals surface area contributed by atoms with Crippen LogP contribution >= 0.6 is 0 Å². The van der Waals surface area contributed by atoms with Crippen LogP contribution in [0.2, 0.25) is 0 Å². The number of hydrogen-bond donors (Lipinski definition) is 0. The molecule has 9 aromatic carbocycles. The number of hydrogen-bond acceptors (Lipinski definition) is 3. The van der Waals surface area contributed by atoms with Crippen molar-refractivity contribution in [3.8, 4) is 56.4 Å². The summed E-state index contributed by atoms with van der Waals surface area (Å²) in [6, 6.07) is 66.3. The van der Waals surface area contributed by atoms with E-state index in [4.69, 9.17) is 15.0 Å². The van der Waals surface area contributed by atoms with Crippen molar-refractivity contribution < 1.29 is 0 Å². The second kappa shape index (κ2) is 12.4. The van der Waals surface area contributed by atoms with E-state index < -0.39 is 0 Å². The van der Waals surface area contributed by atoms with Crippen LogP contribution in [0.1, 0.15) is 0 Å². The SMILES string of the molecule is c1ccc(-c2ccc(-c3ccc(-c4nc(-c5ccccc5)nc(-c5cc6c7ccccc7c7ccccc7c6c6ccccc56)n4)cc3)cc2)cc1. The molecule has 3 heteroatoms. The Morgan fingerprint density at radius 1 is 0.231 bits per heavy atom. The number of nitrogens with zero attached hydrogens (tertiary/aromatic N) is 3. The highest BCUT2D eigenvalue weighted by Crippen LogP contribution is 2.42. The minimum absolute atomic E-state index is 0.641. The third kappa shape index (κ3) is 5.10. The predicted molar refractivity (Wildman–Crippen MR) is 217 cm³/mol. The largest absolute Gasteiger partial charge is 0.208 e. The first kappa shape index (κ1) is 29.9. The molecule has 0 saturated heterocycles. The van der Waals surface area contributed by atoms with Gasteiger partial charge in [-0.25, -0.2) is 15.0 Å². The first-order valence-corrected chi connectivity index (χ1v) is 17.6. The van der Waals surface area contributed by atoms with Gasteiger partial charge in [0.05, 0.1) is 0 Å². The molecule has 0 amide bonds. The third-order valence-corrected chi connectivity index (χ3v) is 10.1. The van der Waals surface area contributed by atoms with Gasteiger partial charge in [-0.3, -0.25) is 0 Å². The Morgan fingerprint density at radius 2 is 0.558 bits per heavy atom. The Kier molecular flexibility index (Phi) is 7.14. The molecule has 0 spiro atoms. The highest BCUT2D eigenvalue weighted by Gasteiger charge is 2.18. The molecule has 0 fully saturated rings. The fraction of sp³-hybridized carbons (Fsp3) is 0. The van der Waals surface area contributed by atoms with Crippen LogP contribution in [0, 0.1) is 0 Å². The Hall–Kier alpha value is -6.97. The van der Waals surface area contributed by atoms with E-state index in [2.05, 4.69) is 164 Å². The maximum atomic E-state index is 5.22. The Morgan fingerprint density at radius 3 is 1.10 bits per heavy atom. The van der Waals surface area contributed by atoms with Crippen molar-refractivity contribution in [1.82, 2.24) is 15.0 Å². The molecule has 0 N–H and O–H groups in total. The summed E-state index contributed by atoms with van der Waals surface area (Å²) in [7, 11) is 0. The summed E-state index contributed by atoms with van der Waals surface area (Å²) in [5, 5.41) is 9.69. The third-order valence-electron chi connectivity index (χ3n) is 10.1. The highest BCUT2D eigenvalue weighted by atomic mass is 15.0. The van der Waals surface area contributed by atoms with Crippen LogP contribution in [-0.2, 0) is 0 Å². The summed E-state index contributed by atoms with van der Waals surface area (Å²) >= 11 is 0. The molecule has 0 bridgehead atoms. The lowest BCUT2D eigenvalue weighted by Crippen LogP contribution is -2.01. The molecule has 0 aliphatic rings. The van der Waals surface area contributed by atoms with Crippen LogP contribution in [-0.4, -0.2) is 15.0 Å². The minimum atomic E-state index is 0.641. The topological polar surface area (TPSA) is 38.7 Å². The fourth-order valence-electron chi connectivity index (χ4n) is 7.59. The van der Waals surface area contributed by atoms with Gasteiger partial charge in [0.1, 0.15) is 0 Å². The van der Waals surface area contributed by atoms with Crippen molar-refractivity contribution >= 4 is 43.1 Å². The smallest absolute Gasteiger partial charge is 0.164 e. The second-order valence-electron chi connectivity index (χ2n) is 13.2. The highest BCUT2D eigenvalue weighted by molar-refractivity contribution is 6.32. The molecule has 52 heavy (non-hydrogen) atoms. The van der Waals surface area contributed by atoms with Gasteiger partial charge in [-0.2, -0.15) is 0 Å². The van der Waals surface area contributed by atoms with Gasteiger partial charge < -0.3 is 0 Å². The molecule has 0 unspecified atom stereocenters. The molecule has 0 aliphatic carbocycles. The zero-order valence-electron chi connectivity index (χ0n) is 28.2. The van der Waals surface area contributed by atoms with Crippen molar-refractivity contribution in [3.05, 3.63) is 188 Å². The Balaban J connectivity index is 1.15. The minimum Gasteiger partial charge on any atom is -0.208 e. The van der Waals surface area contributed by atoms with Crippen molar-refractivity contribution in [1.29, 1.82) is 0 Å². The lowest BCUT2D eigenvalue weighted by Gasteiger charge is -2.16. The molecule has 0 radical (unpaired) electrons. The summed E-state index contributed by atoms with van der Waals surface area (Å²) in [5.74, 6) is 1.94. The van der Waals surface area contributed by atoms with Crippen LogP contribution in [0.15, 0.2) is 188 Å². The summed E-state index contributed by atoms with van der Waals surface area (Å²) in [6.07, 6.45) is 0. The van der Waals surface area contributed by atoms with E-state index in [0.29, 0.717) is 17.5 Å². The van der Waals surface area contributed by atoms with Crippen molar-refractivity contribution in [3.63, 3.8) is 0 Å². The van der Waals surface area contributed by atoms with Gasteiger partial charge in [0, 0.05) is 16.7 Å². The van der Waals surface area contributed by atoms with E-state index in [0.717, 1.165) is 33.2 Å². The molecular formula is C49H31N3. The van der Waals surface area contributed by atoms with Gasteiger partial charge in [0.2, 0.25) is 0 Å². The van der Waals surface area contributed by atoms with Gasteiger partial charge in [-0.05, 0) is 71.4 Å².